The van der Waals surface area contributed by atoms with Crippen molar-refractivity contribution in [3.63, 3.8) is 0 Å². The number of nitrogens with zero attached hydrogens (tertiary/aromatic N) is 2. The van der Waals surface area contributed by atoms with E-state index in [4.69, 9.17) is 0 Å². The number of rotatable bonds is 7. The molecule has 0 radical (unpaired) electrons. The maximum Gasteiger partial charge on any atom is 0.194 e. The molecule has 142 valence electrons. The van der Waals surface area contributed by atoms with Gasteiger partial charge in [0.25, 0.3) is 0 Å². The largest absolute Gasteiger partial charge is 0.391 e. The van der Waals surface area contributed by atoms with Gasteiger partial charge in [-0.25, -0.2) is 4.39 Å². The molecule has 0 aliphatic rings. The summed E-state index contributed by atoms with van der Waals surface area (Å²) in [6.45, 7) is 3.57. The second-order valence-electron chi connectivity index (χ2n) is 6.02. The van der Waals surface area contributed by atoms with E-state index in [2.05, 4.69) is 10.3 Å². The van der Waals surface area contributed by atoms with Gasteiger partial charge in [-0.15, -0.1) is 24.0 Å². The highest BCUT2D eigenvalue weighted by atomic mass is 127. The van der Waals surface area contributed by atoms with Crippen LogP contribution in [0.25, 0.3) is 0 Å². The summed E-state index contributed by atoms with van der Waals surface area (Å²) in [5, 5.41) is 13.4. The van der Waals surface area contributed by atoms with Gasteiger partial charge in [0.05, 0.1) is 12.6 Å². The van der Waals surface area contributed by atoms with Crippen molar-refractivity contribution in [3.8, 4) is 0 Å². The SMILES string of the molecule is CCNC(=NCC(O)Cc1ccccc1)N(C)Cc1cccc(F)c1.I. The van der Waals surface area contributed by atoms with E-state index in [0.29, 0.717) is 25.5 Å². The molecule has 6 heteroatoms. The molecule has 2 rings (SSSR count). The van der Waals surface area contributed by atoms with Gasteiger partial charge >= 0.3 is 0 Å². The molecule has 1 unspecified atom stereocenters. The van der Waals surface area contributed by atoms with E-state index in [0.717, 1.165) is 17.7 Å². The van der Waals surface area contributed by atoms with Crippen LogP contribution in [-0.2, 0) is 13.0 Å². The molecule has 0 aliphatic carbocycles. The number of guanidine groups is 1. The van der Waals surface area contributed by atoms with Gasteiger partial charge < -0.3 is 15.3 Å². The number of aliphatic hydroxyl groups excluding tert-OH is 1. The molecule has 0 heterocycles. The number of nitrogens with one attached hydrogen (secondary N) is 1. The quantitative estimate of drug-likeness (QED) is 0.370. The van der Waals surface area contributed by atoms with Crippen LogP contribution < -0.4 is 5.32 Å². The molecule has 0 aliphatic heterocycles. The molecule has 0 saturated carbocycles. The van der Waals surface area contributed by atoms with Gasteiger partial charge in [-0.2, -0.15) is 0 Å². The summed E-state index contributed by atoms with van der Waals surface area (Å²) in [5.41, 5.74) is 1.96. The van der Waals surface area contributed by atoms with Crippen LogP contribution in [-0.4, -0.2) is 42.2 Å². The molecule has 2 N–H and O–H groups in total. The molecule has 0 amide bonds. The summed E-state index contributed by atoms with van der Waals surface area (Å²) in [6, 6.07) is 16.4. The van der Waals surface area contributed by atoms with Crippen LogP contribution in [0.1, 0.15) is 18.1 Å². The monoisotopic (exact) mass is 471 g/mol. The van der Waals surface area contributed by atoms with Crippen molar-refractivity contribution in [2.75, 3.05) is 20.1 Å². The first-order chi connectivity index (χ1) is 12.1. The molecule has 0 fully saturated rings. The fourth-order valence-corrected chi connectivity index (χ4v) is 2.60. The van der Waals surface area contributed by atoms with Gasteiger partial charge in [0.1, 0.15) is 5.82 Å². The highest BCUT2D eigenvalue weighted by Crippen LogP contribution is 2.07. The molecule has 0 saturated heterocycles. The Morgan fingerprint density at radius 3 is 2.50 bits per heavy atom. The van der Waals surface area contributed by atoms with Crippen LogP contribution >= 0.6 is 24.0 Å². The number of aliphatic hydroxyl groups is 1. The van der Waals surface area contributed by atoms with E-state index in [1.54, 1.807) is 6.07 Å². The van der Waals surface area contributed by atoms with Gasteiger partial charge in [-0.1, -0.05) is 42.5 Å². The lowest BCUT2D eigenvalue weighted by Crippen LogP contribution is -2.39. The topological polar surface area (TPSA) is 47.9 Å². The van der Waals surface area contributed by atoms with Crippen molar-refractivity contribution >= 4 is 29.9 Å². The van der Waals surface area contributed by atoms with Crippen molar-refractivity contribution in [1.29, 1.82) is 0 Å². The van der Waals surface area contributed by atoms with Gasteiger partial charge in [-0.3, -0.25) is 4.99 Å². The zero-order chi connectivity index (χ0) is 18.1. The Bertz CT molecular complexity index is 682. The Morgan fingerprint density at radius 1 is 1.15 bits per heavy atom. The lowest BCUT2D eigenvalue weighted by atomic mass is 10.1. The van der Waals surface area contributed by atoms with Crippen LogP contribution in [0.2, 0.25) is 0 Å². The summed E-state index contributed by atoms with van der Waals surface area (Å²) in [6.07, 6.45) is 0.0239. The molecule has 26 heavy (non-hydrogen) atoms. The number of hydrogen-bond acceptors (Lipinski definition) is 2. The normalized spacial score (nSPS) is 12.2. The first-order valence-corrected chi connectivity index (χ1v) is 8.54. The van der Waals surface area contributed by atoms with E-state index in [1.807, 2.05) is 55.3 Å². The zero-order valence-electron chi connectivity index (χ0n) is 15.2. The molecule has 2 aromatic carbocycles. The number of halogens is 2. The third-order valence-corrected chi connectivity index (χ3v) is 3.77. The molecular formula is C20H27FIN3O. The van der Waals surface area contributed by atoms with Crippen molar-refractivity contribution in [2.45, 2.75) is 26.0 Å². The van der Waals surface area contributed by atoms with E-state index in [-0.39, 0.29) is 29.8 Å². The molecule has 4 nitrogen and oxygen atoms in total. The standard InChI is InChI=1S/C20H26FN3O.HI/c1-3-22-20(24(2)15-17-10-7-11-18(21)12-17)23-14-19(25)13-16-8-5-4-6-9-16;/h4-12,19,25H,3,13-15H2,1-2H3,(H,22,23);1H. The van der Waals surface area contributed by atoms with Gasteiger partial charge in [-0.05, 0) is 30.2 Å². The summed E-state index contributed by atoms with van der Waals surface area (Å²) in [4.78, 5) is 6.44. The third-order valence-electron chi connectivity index (χ3n) is 3.77. The highest BCUT2D eigenvalue weighted by Gasteiger charge is 2.10. The molecule has 2 aromatic rings. The minimum Gasteiger partial charge on any atom is -0.391 e. The number of aliphatic imine (C=N–C) groups is 1. The molecule has 1 atom stereocenters. The van der Waals surface area contributed by atoms with Gasteiger partial charge in [0.2, 0.25) is 0 Å². The maximum absolute atomic E-state index is 13.3. The van der Waals surface area contributed by atoms with Crippen LogP contribution in [0, 0.1) is 5.82 Å². The third kappa shape index (κ3) is 7.70. The summed E-state index contributed by atoms with van der Waals surface area (Å²) in [5.74, 6) is 0.449. The van der Waals surface area contributed by atoms with Crippen LogP contribution in [0.5, 0.6) is 0 Å². The van der Waals surface area contributed by atoms with Crippen LogP contribution in [0.3, 0.4) is 0 Å². The van der Waals surface area contributed by atoms with Crippen molar-refractivity contribution in [1.82, 2.24) is 10.2 Å². The summed E-state index contributed by atoms with van der Waals surface area (Å²) < 4.78 is 13.3. The Kier molecular flexibility index (Phi) is 10.2. The first-order valence-electron chi connectivity index (χ1n) is 8.54. The van der Waals surface area contributed by atoms with Gasteiger partial charge in [0, 0.05) is 26.6 Å². The van der Waals surface area contributed by atoms with Gasteiger partial charge in [0.15, 0.2) is 5.96 Å². The first kappa shape index (κ1) is 22.4. The molecular weight excluding hydrogens is 444 g/mol. The average molecular weight is 471 g/mol. The Hall–Kier alpha value is -1.67. The predicted molar refractivity (Wildman–Crippen MR) is 115 cm³/mol. The number of hydrogen-bond donors (Lipinski definition) is 2. The Balaban J connectivity index is 0.00000338. The van der Waals surface area contributed by atoms with Crippen molar-refractivity contribution in [3.05, 3.63) is 71.5 Å². The van der Waals surface area contributed by atoms with E-state index in [1.165, 1.54) is 12.1 Å². The summed E-state index contributed by atoms with van der Waals surface area (Å²) >= 11 is 0. The smallest absolute Gasteiger partial charge is 0.194 e. The Labute approximate surface area is 172 Å². The zero-order valence-corrected chi connectivity index (χ0v) is 17.6. The minimum absolute atomic E-state index is 0. The van der Waals surface area contributed by atoms with E-state index >= 15 is 0 Å². The van der Waals surface area contributed by atoms with Crippen molar-refractivity contribution in [2.24, 2.45) is 4.99 Å². The lowest BCUT2D eigenvalue weighted by molar-refractivity contribution is 0.183. The Morgan fingerprint density at radius 2 is 1.85 bits per heavy atom. The minimum atomic E-state index is -0.543. The molecule has 0 aromatic heterocycles. The molecule has 0 spiro atoms. The van der Waals surface area contributed by atoms with E-state index < -0.39 is 6.10 Å². The lowest BCUT2D eigenvalue weighted by Gasteiger charge is -2.22. The second-order valence-corrected chi connectivity index (χ2v) is 6.02. The highest BCUT2D eigenvalue weighted by molar-refractivity contribution is 14.0. The average Bonchev–Trinajstić information content (AvgIpc) is 2.59. The van der Waals surface area contributed by atoms with Crippen LogP contribution in [0.15, 0.2) is 59.6 Å². The van der Waals surface area contributed by atoms with Crippen molar-refractivity contribution < 1.29 is 9.50 Å². The number of benzene rings is 2. The fraction of sp³-hybridized carbons (Fsp3) is 0.350. The summed E-state index contributed by atoms with van der Waals surface area (Å²) in [7, 11) is 1.90. The maximum atomic E-state index is 13.3. The second kappa shape index (κ2) is 11.9. The van der Waals surface area contributed by atoms with E-state index in [9.17, 15) is 9.50 Å². The van der Waals surface area contributed by atoms with Crippen LogP contribution in [0.4, 0.5) is 4.39 Å². The predicted octanol–water partition coefficient (Wildman–Crippen LogP) is 3.44. The fourth-order valence-electron chi connectivity index (χ4n) is 2.60. The molecule has 0 bridgehead atoms.